The molecule has 0 aliphatic rings. The number of rotatable bonds is 6. The predicted octanol–water partition coefficient (Wildman–Crippen LogP) is 4.08. The predicted molar refractivity (Wildman–Crippen MR) is 75.7 cm³/mol. The number of aryl methyl sites for hydroxylation is 2. The van der Waals surface area contributed by atoms with E-state index < -0.39 is 5.97 Å². The second-order valence-corrected chi connectivity index (χ2v) is 4.38. The van der Waals surface area contributed by atoms with E-state index >= 15 is 0 Å². The van der Waals surface area contributed by atoms with Crippen molar-refractivity contribution in [2.45, 2.75) is 46.5 Å². The zero-order valence-corrected chi connectivity index (χ0v) is 11.5. The molecule has 0 bridgehead atoms. The number of hydrogen-bond acceptors (Lipinski definition) is 1. The third kappa shape index (κ3) is 3.73. The van der Waals surface area contributed by atoms with Gasteiger partial charge in [0, 0.05) is 0 Å². The Bertz CT molecular complexity index is 444. The Morgan fingerprint density at radius 3 is 2.44 bits per heavy atom. The van der Waals surface area contributed by atoms with Gasteiger partial charge in [-0.05, 0) is 41.5 Å². The van der Waals surface area contributed by atoms with Gasteiger partial charge in [0.25, 0.3) is 0 Å². The lowest BCUT2D eigenvalue weighted by atomic mass is 9.93. The SMILES string of the molecule is CC/C(=C\CC(=O)O)c1cc(CC)ccc1CC. The molecule has 0 spiro atoms. The van der Waals surface area contributed by atoms with Crippen molar-refractivity contribution >= 4 is 11.5 Å². The van der Waals surface area contributed by atoms with E-state index in [0.717, 1.165) is 24.8 Å². The van der Waals surface area contributed by atoms with E-state index in [-0.39, 0.29) is 6.42 Å². The first kappa shape index (κ1) is 14.5. The summed E-state index contributed by atoms with van der Waals surface area (Å²) in [6, 6.07) is 6.53. The fraction of sp³-hybridized carbons (Fsp3) is 0.438. The molecule has 0 heterocycles. The van der Waals surface area contributed by atoms with Crippen LogP contribution in [0.4, 0.5) is 0 Å². The summed E-state index contributed by atoms with van der Waals surface area (Å²) in [6.07, 6.45) is 4.79. The molecule has 1 N–H and O–H groups in total. The molecule has 1 aromatic carbocycles. The molecule has 2 nitrogen and oxygen atoms in total. The van der Waals surface area contributed by atoms with Gasteiger partial charge in [0.1, 0.15) is 0 Å². The summed E-state index contributed by atoms with van der Waals surface area (Å²) >= 11 is 0. The molecule has 1 rings (SSSR count). The monoisotopic (exact) mass is 246 g/mol. The van der Waals surface area contributed by atoms with Crippen molar-refractivity contribution in [3.05, 3.63) is 41.0 Å². The molecular formula is C16H22O2. The number of hydrogen-bond donors (Lipinski definition) is 1. The minimum atomic E-state index is -0.773. The molecule has 0 radical (unpaired) electrons. The van der Waals surface area contributed by atoms with Crippen molar-refractivity contribution in [2.24, 2.45) is 0 Å². The van der Waals surface area contributed by atoms with Crippen molar-refractivity contribution in [3.8, 4) is 0 Å². The fourth-order valence-electron chi connectivity index (χ4n) is 2.11. The molecule has 1 aromatic rings. The van der Waals surface area contributed by atoms with Crippen LogP contribution in [0.2, 0.25) is 0 Å². The molecule has 98 valence electrons. The van der Waals surface area contributed by atoms with Crippen molar-refractivity contribution in [2.75, 3.05) is 0 Å². The van der Waals surface area contributed by atoms with Gasteiger partial charge in [-0.2, -0.15) is 0 Å². The Labute approximate surface area is 109 Å². The van der Waals surface area contributed by atoms with Crippen LogP contribution in [-0.2, 0) is 17.6 Å². The van der Waals surface area contributed by atoms with E-state index in [0.29, 0.717) is 0 Å². The summed E-state index contributed by atoms with van der Waals surface area (Å²) in [6.45, 7) is 6.35. The summed E-state index contributed by atoms with van der Waals surface area (Å²) in [5, 5.41) is 8.79. The van der Waals surface area contributed by atoms with Crippen molar-refractivity contribution in [1.29, 1.82) is 0 Å². The van der Waals surface area contributed by atoms with Gasteiger partial charge in [0.05, 0.1) is 6.42 Å². The molecule has 0 fully saturated rings. The van der Waals surface area contributed by atoms with Crippen LogP contribution in [0.15, 0.2) is 24.3 Å². The maximum Gasteiger partial charge on any atom is 0.307 e. The first-order valence-electron chi connectivity index (χ1n) is 6.65. The Hall–Kier alpha value is -1.57. The summed E-state index contributed by atoms with van der Waals surface area (Å²) < 4.78 is 0. The van der Waals surface area contributed by atoms with E-state index in [2.05, 4.69) is 39.0 Å². The van der Waals surface area contributed by atoms with Crippen molar-refractivity contribution in [3.63, 3.8) is 0 Å². The average Bonchev–Trinajstić information content (AvgIpc) is 2.38. The zero-order chi connectivity index (χ0) is 13.5. The second-order valence-electron chi connectivity index (χ2n) is 4.38. The Morgan fingerprint density at radius 1 is 1.22 bits per heavy atom. The van der Waals surface area contributed by atoms with Crippen LogP contribution in [0.5, 0.6) is 0 Å². The molecule has 0 saturated heterocycles. The molecule has 0 amide bonds. The third-order valence-corrected chi connectivity index (χ3v) is 3.21. The lowest BCUT2D eigenvalue weighted by Crippen LogP contribution is -1.97. The summed E-state index contributed by atoms with van der Waals surface area (Å²) in [5.41, 5.74) is 4.97. The lowest BCUT2D eigenvalue weighted by molar-refractivity contribution is -0.135. The molecule has 2 heteroatoms. The van der Waals surface area contributed by atoms with Crippen molar-refractivity contribution in [1.82, 2.24) is 0 Å². The van der Waals surface area contributed by atoms with Gasteiger partial charge in [0.15, 0.2) is 0 Å². The van der Waals surface area contributed by atoms with Gasteiger partial charge in [-0.3, -0.25) is 4.79 Å². The lowest BCUT2D eigenvalue weighted by Gasteiger charge is -2.12. The minimum absolute atomic E-state index is 0.0999. The molecule has 0 aromatic heterocycles. The number of carboxylic acid groups (broad SMARTS) is 1. The van der Waals surface area contributed by atoms with Gasteiger partial charge in [-0.25, -0.2) is 0 Å². The molecule has 0 atom stereocenters. The number of carboxylic acids is 1. The van der Waals surface area contributed by atoms with Gasteiger partial charge in [0.2, 0.25) is 0 Å². The Balaban J connectivity index is 3.17. The summed E-state index contributed by atoms with van der Waals surface area (Å²) in [7, 11) is 0. The van der Waals surface area contributed by atoms with Crippen LogP contribution in [0, 0.1) is 0 Å². The molecular weight excluding hydrogens is 224 g/mol. The van der Waals surface area contributed by atoms with E-state index in [9.17, 15) is 4.79 Å². The quantitative estimate of drug-likeness (QED) is 0.821. The first-order valence-corrected chi connectivity index (χ1v) is 6.65. The highest BCUT2D eigenvalue weighted by molar-refractivity contribution is 5.75. The number of carbonyl (C=O) groups is 1. The third-order valence-electron chi connectivity index (χ3n) is 3.21. The Morgan fingerprint density at radius 2 is 1.94 bits per heavy atom. The van der Waals surface area contributed by atoms with Crippen LogP contribution in [0.1, 0.15) is 50.3 Å². The topological polar surface area (TPSA) is 37.3 Å². The number of benzene rings is 1. The number of allylic oxidation sites excluding steroid dienone is 1. The summed E-state index contributed by atoms with van der Waals surface area (Å²) in [5.74, 6) is -0.773. The average molecular weight is 246 g/mol. The van der Waals surface area contributed by atoms with E-state index in [4.69, 9.17) is 5.11 Å². The van der Waals surface area contributed by atoms with Crippen LogP contribution in [0.25, 0.3) is 5.57 Å². The highest BCUT2D eigenvalue weighted by atomic mass is 16.4. The fourth-order valence-corrected chi connectivity index (χ4v) is 2.11. The second kappa shape index (κ2) is 7.00. The molecule has 0 unspecified atom stereocenters. The molecule has 0 aliphatic carbocycles. The van der Waals surface area contributed by atoms with E-state index in [1.807, 2.05) is 6.08 Å². The first-order chi connectivity index (χ1) is 8.62. The number of aliphatic carboxylic acids is 1. The maximum atomic E-state index is 10.7. The minimum Gasteiger partial charge on any atom is -0.481 e. The van der Waals surface area contributed by atoms with Crippen LogP contribution >= 0.6 is 0 Å². The summed E-state index contributed by atoms with van der Waals surface area (Å²) in [4.78, 5) is 10.7. The zero-order valence-electron chi connectivity index (χ0n) is 11.5. The van der Waals surface area contributed by atoms with Crippen LogP contribution in [0.3, 0.4) is 0 Å². The van der Waals surface area contributed by atoms with Crippen LogP contribution in [-0.4, -0.2) is 11.1 Å². The largest absolute Gasteiger partial charge is 0.481 e. The Kier molecular flexibility index (Phi) is 5.63. The highest BCUT2D eigenvalue weighted by Crippen LogP contribution is 2.25. The molecule has 18 heavy (non-hydrogen) atoms. The van der Waals surface area contributed by atoms with E-state index in [1.165, 1.54) is 16.7 Å². The van der Waals surface area contributed by atoms with Crippen LogP contribution < -0.4 is 0 Å². The van der Waals surface area contributed by atoms with Gasteiger partial charge in [-0.1, -0.05) is 45.0 Å². The van der Waals surface area contributed by atoms with Crippen molar-refractivity contribution < 1.29 is 9.90 Å². The normalized spacial score (nSPS) is 11.6. The van der Waals surface area contributed by atoms with E-state index in [1.54, 1.807) is 0 Å². The molecule has 0 saturated carbocycles. The standard InChI is InChI=1S/C16H22O2/c1-4-12-7-8-13(5-2)15(11-12)14(6-3)9-10-16(17)18/h7-9,11H,4-6,10H2,1-3H3,(H,17,18)/b14-9+. The van der Waals surface area contributed by atoms with Gasteiger partial charge in [-0.15, -0.1) is 0 Å². The van der Waals surface area contributed by atoms with Gasteiger partial charge < -0.3 is 5.11 Å². The smallest absolute Gasteiger partial charge is 0.307 e. The maximum absolute atomic E-state index is 10.7. The van der Waals surface area contributed by atoms with Gasteiger partial charge >= 0.3 is 5.97 Å². The highest BCUT2D eigenvalue weighted by Gasteiger charge is 2.07. The molecule has 0 aliphatic heterocycles.